The summed E-state index contributed by atoms with van der Waals surface area (Å²) in [6, 6.07) is 6.41. The first kappa shape index (κ1) is 14.2. The van der Waals surface area contributed by atoms with E-state index in [1.807, 2.05) is 0 Å². The van der Waals surface area contributed by atoms with Crippen LogP contribution in [0.4, 0.5) is 11.4 Å². The van der Waals surface area contributed by atoms with Crippen molar-refractivity contribution in [2.75, 3.05) is 16.3 Å². The Hall–Kier alpha value is -2.19. The summed E-state index contributed by atoms with van der Waals surface area (Å²) in [5.41, 5.74) is 3.13. The van der Waals surface area contributed by atoms with Crippen molar-refractivity contribution in [1.82, 2.24) is 9.97 Å². The van der Waals surface area contributed by atoms with Gasteiger partial charge in [0, 0.05) is 25.1 Å². The Kier molecular flexibility index (Phi) is 4.16. The number of hydrazine groups is 1. The molecular weight excluding hydrogens is 278 g/mol. The molecule has 2 rings (SSSR count). The number of sulfonamides is 1. The van der Waals surface area contributed by atoms with E-state index in [2.05, 4.69) is 15.4 Å². The second kappa shape index (κ2) is 5.85. The van der Waals surface area contributed by atoms with E-state index in [1.54, 1.807) is 31.2 Å². The van der Waals surface area contributed by atoms with E-state index in [4.69, 9.17) is 5.84 Å². The predicted octanol–water partition coefficient (Wildman–Crippen LogP) is 0.977. The second-order valence-corrected chi connectivity index (χ2v) is 5.65. The highest BCUT2D eigenvalue weighted by Crippen LogP contribution is 2.25. The summed E-state index contributed by atoms with van der Waals surface area (Å²) >= 11 is 0. The van der Waals surface area contributed by atoms with Crippen molar-refractivity contribution >= 4 is 21.4 Å². The van der Waals surface area contributed by atoms with Gasteiger partial charge in [-0.25, -0.2) is 4.98 Å². The van der Waals surface area contributed by atoms with Gasteiger partial charge in [0.2, 0.25) is 5.03 Å². The number of nitrogens with one attached hydrogen (secondary N) is 1. The van der Waals surface area contributed by atoms with Gasteiger partial charge >= 0.3 is 0 Å². The maximum Gasteiger partial charge on any atom is 0.283 e. The Morgan fingerprint density at radius 2 is 1.95 bits per heavy atom. The predicted molar refractivity (Wildman–Crippen MR) is 76.5 cm³/mol. The highest BCUT2D eigenvalue weighted by atomic mass is 32.2. The Balaban J connectivity index is 2.53. The van der Waals surface area contributed by atoms with Gasteiger partial charge in [0.1, 0.15) is 0 Å². The van der Waals surface area contributed by atoms with Crippen LogP contribution in [0.3, 0.4) is 0 Å². The van der Waals surface area contributed by atoms with Gasteiger partial charge in [-0.05, 0) is 31.2 Å². The van der Waals surface area contributed by atoms with E-state index < -0.39 is 10.0 Å². The molecule has 2 aromatic heterocycles. The zero-order chi connectivity index (χ0) is 14.6. The van der Waals surface area contributed by atoms with Crippen LogP contribution in [-0.4, -0.2) is 24.9 Å². The average Bonchev–Trinajstić information content (AvgIpc) is 2.48. The van der Waals surface area contributed by atoms with Crippen LogP contribution in [0, 0.1) is 0 Å². The Morgan fingerprint density at radius 1 is 1.25 bits per heavy atom. The summed E-state index contributed by atoms with van der Waals surface area (Å²) in [6.07, 6.45) is 4.48. The molecule has 0 unspecified atom stereocenters. The second-order valence-electron chi connectivity index (χ2n) is 3.88. The normalized spacial score (nSPS) is 11.1. The van der Waals surface area contributed by atoms with Crippen LogP contribution in [0.1, 0.15) is 6.92 Å². The van der Waals surface area contributed by atoms with Gasteiger partial charge in [0.25, 0.3) is 10.0 Å². The molecule has 0 amide bonds. The molecule has 0 spiro atoms. The van der Waals surface area contributed by atoms with Crippen molar-refractivity contribution in [3.05, 3.63) is 42.9 Å². The maximum absolute atomic E-state index is 12.7. The third kappa shape index (κ3) is 2.56. The number of nitrogens with two attached hydrogens (primary N) is 1. The first-order valence-corrected chi connectivity index (χ1v) is 7.39. The number of rotatable bonds is 5. The lowest BCUT2D eigenvalue weighted by Crippen LogP contribution is -2.32. The molecule has 8 heteroatoms. The SMILES string of the molecule is CCN(c1ccncc1)S(=O)(=O)c1ncccc1NN. The molecule has 0 aliphatic heterocycles. The van der Waals surface area contributed by atoms with Crippen LogP contribution in [0.5, 0.6) is 0 Å². The largest absolute Gasteiger partial charge is 0.321 e. The van der Waals surface area contributed by atoms with Crippen LogP contribution in [0.2, 0.25) is 0 Å². The minimum Gasteiger partial charge on any atom is -0.321 e. The lowest BCUT2D eigenvalue weighted by molar-refractivity contribution is 0.588. The standard InChI is InChI=1S/C12H15N5O2S/c1-2-17(10-5-8-14-9-6-10)20(18,19)12-11(16-13)4-3-7-15-12/h3-9,16H,2,13H2,1H3. The number of anilines is 2. The van der Waals surface area contributed by atoms with Crippen molar-refractivity contribution in [3.63, 3.8) is 0 Å². The highest BCUT2D eigenvalue weighted by Gasteiger charge is 2.27. The Morgan fingerprint density at radius 3 is 2.55 bits per heavy atom. The highest BCUT2D eigenvalue weighted by molar-refractivity contribution is 7.92. The molecule has 0 atom stereocenters. The summed E-state index contributed by atoms with van der Waals surface area (Å²) in [6.45, 7) is 2.02. The van der Waals surface area contributed by atoms with E-state index in [0.717, 1.165) is 0 Å². The quantitative estimate of drug-likeness (QED) is 0.629. The molecule has 0 aliphatic rings. The number of hydrogen-bond donors (Lipinski definition) is 2. The fourth-order valence-corrected chi connectivity index (χ4v) is 3.36. The molecule has 2 aromatic rings. The van der Waals surface area contributed by atoms with Gasteiger partial charge in [0.05, 0.1) is 11.4 Å². The molecule has 0 radical (unpaired) electrons. The third-order valence-electron chi connectivity index (χ3n) is 2.70. The molecule has 0 saturated carbocycles. The Labute approximate surface area is 117 Å². The molecule has 0 aliphatic carbocycles. The van der Waals surface area contributed by atoms with Crippen LogP contribution >= 0.6 is 0 Å². The molecule has 0 saturated heterocycles. The maximum atomic E-state index is 12.7. The minimum atomic E-state index is -3.79. The van der Waals surface area contributed by atoms with E-state index >= 15 is 0 Å². The molecule has 3 N–H and O–H groups in total. The smallest absolute Gasteiger partial charge is 0.283 e. The molecule has 0 aromatic carbocycles. The minimum absolute atomic E-state index is 0.110. The van der Waals surface area contributed by atoms with E-state index in [-0.39, 0.29) is 17.3 Å². The lowest BCUT2D eigenvalue weighted by Gasteiger charge is -2.23. The molecule has 106 valence electrons. The third-order valence-corrected chi connectivity index (χ3v) is 4.56. The van der Waals surface area contributed by atoms with Gasteiger partial charge in [0.15, 0.2) is 0 Å². The molecule has 0 fully saturated rings. The van der Waals surface area contributed by atoms with E-state index in [0.29, 0.717) is 5.69 Å². The summed E-state index contributed by atoms with van der Waals surface area (Å²) in [5, 5.41) is -0.110. The van der Waals surface area contributed by atoms with Crippen LogP contribution in [-0.2, 0) is 10.0 Å². The molecule has 20 heavy (non-hydrogen) atoms. The van der Waals surface area contributed by atoms with Crippen molar-refractivity contribution in [2.24, 2.45) is 5.84 Å². The van der Waals surface area contributed by atoms with Crippen LogP contribution in [0.25, 0.3) is 0 Å². The van der Waals surface area contributed by atoms with Crippen molar-refractivity contribution < 1.29 is 8.42 Å². The number of pyridine rings is 2. The van der Waals surface area contributed by atoms with Crippen molar-refractivity contribution in [1.29, 1.82) is 0 Å². The van der Waals surface area contributed by atoms with Crippen molar-refractivity contribution in [3.8, 4) is 0 Å². The zero-order valence-electron chi connectivity index (χ0n) is 10.9. The topological polar surface area (TPSA) is 101 Å². The fraction of sp³-hybridized carbons (Fsp3) is 0.167. The molecular formula is C12H15N5O2S. The Bertz CT molecular complexity index is 675. The van der Waals surface area contributed by atoms with Crippen LogP contribution in [0.15, 0.2) is 47.9 Å². The summed E-state index contributed by atoms with van der Waals surface area (Å²) < 4.78 is 26.6. The van der Waals surface area contributed by atoms with Gasteiger partial charge in [-0.3, -0.25) is 15.1 Å². The van der Waals surface area contributed by atoms with Crippen LogP contribution < -0.4 is 15.6 Å². The van der Waals surface area contributed by atoms with Gasteiger partial charge in [-0.15, -0.1) is 0 Å². The van der Waals surface area contributed by atoms with Gasteiger partial charge < -0.3 is 5.43 Å². The molecule has 7 nitrogen and oxygen atoms in total. The fourth-order valence-electron chi connectivity index (χ4n) is 1.81. The zero-order valence-corrected chi connectivity index (χ0v) is 11.7. The number of hydrogen-bond acceptors (Lipinski definition) is 6. The lowest BCUT2D eigenvalue weighted by atomic mass is 10.4. The first-order valence-electron chi connectivity index (χ1n) is 5.95. The first-order chi connectivity index (χ1) is 9.61. The summed E-state index contributed by atoms with van der Waals surface area (Å²) in [7, 11) is -3.79. The van der Waals surface area contributed by atoms with Crippen molar-refractivity contribution in [2.45, 2.75) is 11.9 Å². The van der Waals surface area contributed by atoms with Gasteiger partial charge in [-0.2, -0.15) is 8.42 Å². The number of nitrogens with zero attached hydrogens (tertiary/aromatic N) is 3. The van der Waals surface area contributed by atoms with E-state index in [9.17, 15) is 8.42 Å². The average molecular weight is 293 g/mol. The molecule has 0 bridgehead atoms. The van der Waals surface area contributed by atoms with E-state index in [1.165, 1.54) is 22.9 Å². The summed E-state index contributed by atoms with van der Waals surface area (Å²) in [5.74, 6) is 5.34. The molecule has 2 heterocycles. The summed E-state index contributed by atoms with van der Waals surface area (Å²) in [4.78, 5) is 7.81. The number of nitrogen functional groups attached to an aromatic ring is 1. The van der Waals surface area contributed by atoms with Gasteiger partial charge in [-0.1, -0.05) is 0 Å². The number of aromatic nitrogens is 2. The monoisotopic (exact) mass is 293 g/mol.